The van der Waals surface area contributed by atoms with Crippen LogP contribution in [-0.4, -0.2) is 11.1 Å². The number of carboxylic acid groups (broad SMARTS) is 1. The molecule has 0 unspecified atom stereocenters. The third-order valence-electron chi connectivity index (χ3n) is 1.33. The first-order valence-corrected chi connectivity index (χ1v) is 3.76. The summed E-state index contributed by atoms with van der Waals surface area (Å²) in [6.45, 7) is 7.23. The Kier molecular flexibility index (Phi) is 4.84. The van der Waals surface area contributed by atoms with Crippen molar-refractivity contribution in [3.05, 3.63) is 24.2 Å². The molecule has 0 aromatic carbocycles. The third kappa shape index (κ3) is 5.53. The molecule has 0 saturated heterocycles. The van der Waals surface area contributed by atoms with Crippen LogP contribution < -0.4 is 0 Å². The lowest BCUT2D eigenvalue weighted by Crippen LogP contribution is -1.97. The minimum atomic E-state index is -0.835. The second-order valence-electron chi connectivity index (χ2n) is 2.43. The summed E-state index contributed by atoms with van der Waals surface area (Å²) in [6, 6.07) is 0. The summed E-state index contributed by atoms with van der Waals surface area (Å²) in [7, 11) is 0. The number of rotatable bonds is 5. The minimum absolute atomic E-state index is 0.0653. The van der Waals surface area contributed by atoms with Gasteiger partial charge in [-0.05, 0) is 19.9 Å². The van der Waals surface area contributed by atoms with Crippen molar-refractivity contribution in [1.82, 2.24) is 0 Å². The van der Waals surface area contributed by atoms with E-state index in [0.717, 1.165) is 5.76 Å². The first-order valence-electron chi connectivity index (χ1n) is 3.76. The van der Waals surface area contributed by atoms with Gasteiger partial charge in [0, 0.05) is 6.42 Å². The maximum absolute atomic E-state index is 10.1. The average molecular weight is 170 g/mol. The van der Waals surface area contributed by atoms with Gasteiger partial charge in [-0.3, -0.25) is 4.79 Å². The summed E-state index contributed by atoms with van der Waals surface area (Å²) >= 11 is 0. The molecule has 0 rings (SSSR count). The van der Waals surface area contributed by atoms with E-state index in [-0.39, 0.29) is 6.42 Å². The monoisotopic (exact) mass is 170 g/mol. The molecule has 0 amide bonds. The molecule has 0 heterocycles. The molecule has 0 saturated carbocycles. The highest BCUT2D eigenvalue weighted by molar-refractivity contribution is 5.66. The molecule has 0 atom stereocenters. The molecule has 0 bridgehead atoms. The minimum Gasteiger partial charge on any atom is -0.481 e. The summed E-state index contributed by atoms with van der Waals surface area (Å²) in [5.74, 6) is 0.399. The van der Waals surface area contributed by atoms with E-state index in [1.54, 1.807) is 13.0 Å². The standard InChI is InChI=1S/C9H14O3/c1-4-7(2)12-8(3)5-6-9(10)11/h4H,3,5-6H2,1-2H3,(H,10,11)/b7-4-. The predicted molar refractivity (Wildman–Crippen MR) is 46.5 cm³/mol. The van der Waals surface area contributed by atoms with Crippen molar-refractivity contribution in [2.75, 3.05) is 0 Å². The van der Waals surface area contributed by atoms with Gasteiger partial charge in [-0.1, -0.05) is 6.58 Å². The molecule has 0 aliphatic heterocycles. The molecule has 3 heteroatoms. The first-order chi connectivity index (χ1) is 5.56. The highest BCUT2D eigenvalue weighted by Gasteiger charge is 2.00. The van der Waals surface area contributed by atoms with Gasteiger partial charge in [0.05, 0.1) is 17.9 Å². The number of aliphatic carboxylic acids is 1. The average Bonchev–Trinajstić information content (AvgIpc) is 2.00. The lowest BCUT2D eigenvalue weighted by atomic mass is 10.3. The van der Waals surface area contributed by atoms with Gasteiger partial charge in [-0.15, -0.1) is 0 Å². The molecule has 0 spiro atoms. The van der Waals surface area contributed by atoms with Crippen molar-refractivity contribution >= 4 is 5.97 Å². The first kappa shape index (κ1) is 10.8. The molecule has 0 aromatic heterocycles. The number of allylic oxidation sites excluding steroid dienone is 3. The van der Waals surface area contributed by atoms with E-state index >= 15 is 0 Å². The van der Waals surface area contributed by atoms with Crippen molar-refractivity contribution in [1.29, 1.82) is 0 Å². The summed E-state index contributed by atoms with van der Waals surface area (Å²) in [5.41, 5.74) is 0. The van der Waals surface area contributed by atoms with Crippen LogP contribution in [0, 0.1) is 0 Å². The molecule has 1 N–H and O–H groups in total. The van der Waals surface area contributed by atoms with Crippen LogP contribution in [0.1, 0.15) is 26.7 Å². The zero-order chi connectivity index (χ0) is 9.56. The Hall–Kier alpha value is -1.25. The SMILES string of the molecule is C=C(CCC(=O)O)O/C(C)=C\C. The molecule has 12 heavy (non-hydrogen) atoms. The maximum atomic E-state index is 10.1. The van der Waals surface area contributed by atoms with Crippen LogP contribution in [-0.2, 0) is 9.53 Å². The highest BCUT2D eigenvalue weighted by atomic mass is 16.5. The lowest BCUT2D eigenvalue weighted by Gasteiger charge is -2.06. The Morgan fingerprint density at radius 2 is 2.17 bits per heavy atom. The van der Waals surface area contributed by atoms with Crippen LogP contribution >= 0.6 is 0 Å². The molecule has 68 valence electrons. The van der Waals surface area contributed by atoms with Crippen LogP contribution in [0.5, 0.6) is 0 Å². The van der Waals surface area contributed by atoms with Crippen molar-refractivity contribution in [3.8, 4) is 0 Å². The van der Waals surface area contributed by atoms with Crippen LogP contribution in [0.3, 0.4) is 0 Å². The van der Waals surface area contributed by atoms with Gasteiger partial charge in [0.25, 0.3) is 0 Å². The van der Waals surface area contributed by atoms with E-state index in [4.69, 9.17) is 9.84 Å². The van der Waals surface area contributed by atoms with Crippen molar-refractivity contribution in [3.63, 3.8) is 0 Å². The lowest BCUT2D eigenvalue weighted by molar-refractivity contribution is -0.137. The second-order valence-corrected chi connectivity index (χ2v) is 2.43. The van der Waals surface area contributed by atoms with E-state index in [2.05, 4.69) is 6.58 Å². The Morgan fingerprint density at radius 3 is 2.58 bits per heavy atom. The molecular formula is C9H14O3. The summed E-state index contributed by atoms with van der Waals surface area (Å²) in [4.78, 5) is 10.1. The quantitative estimate of drug-likeness (QED) is 0.644. The number of hydrogen-bond donors (Lipinski definition) is 1. The van der Waals surface area contributed by atoms with E-state index in [0.29, 0.717) is 12.2 Å². The molecular weight excluding hydrogens is 156 g/mol. The van der Waals surface area contributed by atoms with Crippen LogP contribution in [0.4, 0.5) is 0 Å². The topological polar surface area (TPSA) is 46.5 Å². The Balaban J connectivity index is 3.68. The largest absolute Gasteiger partial charge is 0.481 e. The van der Waals surface area contributed by atoms with Crippen LogP contribution in [0.2, 0.25) is 0 Å². The van der Waals surface area contributed by atoms with E-state index < -0.39 is 5.97 Å². The fourth-order valence-corrected chi connectivity index (χ4v) is 0.584. The van der Waals surface area contributed by atoms with Crippen molar-refractivity contribution in [2.45, 2.75) is 26.7 Å². The van der Waals surface area contributed by atoms with Gasteiger partial charge in [-0.2, -0.15) is 0 Å². The summed E-state index contributed by atoms with van der Waals surface area (Å²) in [6.07, 6.45) is 2.22. The second kappa shape index (κ2) is 5.41. The Bertz CT molecular complexity index is 204. The molecule has 3 nitrogen and oxygen atoms in total. The van der Waals surface area contributed by atoms with Gasteiger partial charge in [0.2, 0.25) is 0 Å². The summed E-state index contributed by atoms with van der Waals surface area (Å²) in [5, 5.41) is 8.34. The summed E-state index contributed by atoms with van der Waals surface area (Å²) < 4.78 is 5.15. The number of carbonyl (C=O) groups is 1. The molecule has 0 radical (unpaired) electrons. The molecule has 0 fully saturated rings. The predicted octanol–water partition coefficient (Wildman–Crippen LogP) is 2.31. The highest BCUT2D eigenvalue weighted by Crippen LogP contribution is 2.09. The van der Waals surface area contributed by atoms with Crippen molar-refractivity contribution in [2.24, 2.45) is 0 Å². The van der Waals surface area contributed by atoms with Crippen molar-refractivity contribution < 1.29 is 14.6 Å². The Labute approximate surface area is 72.3 Å². The third-order valence-corrected chi connectivity index (χ3v) is 1.33. The smallest absolute Gasteiger partial charge is 0.303 e. The number of ether oxygens (including phenoxy) is 1. The Morgan fingerprint density at radius 1 is 1.58 bits per heavy atom. The molecule has 0 aromatic rings. The van der Waals surface area contributed by atoms with Gasteiger partial charge >= 0.3 is 5.97 Å². The normalized spacial score (nSPS) is 11.0. The zero-order valence-electron chi connectivity index (χ0n) is 7.46. The van der Waals surface area contributed by atoms with Crippen LogP contribution in [0.25, 0.3) is 0 Å². The molecule has 0 aliphatic carbocycles. The fourth-order valence-electron chi connectivity index (χ4n) is 0.584. The van der Waals surface area contributed by atoms with Gasteiger partial charge in [0.1, 0.15) is 0 Å². The zero-order valence-corrected chi connectivity index (χ0v) is 7.46. The van der Waals surface area contributed by atoms with E-state index in [1.807, 2.05) is 6.92 Å². The van der Waals surface area contributed by atoms with Gasteiger partial charge in [0.15, 0.2) is 0 Å². The maximum Gasteiger partial charge on any atom is 0.303 e. The molecule has 0 aliphatic rings. The fraction of sp³-hybridized carbons (Fsp3) is 0.444. The van der Waals surface area contributed by atoms with Gasteiger partial charge in [-0.25, -0.2) is 0 Å². The number of carboxylic acids is 1. The van der Waals surface area contributed by atoms with E-state index in [1.165, 1.54) is 0 Å². The van der Waals surface area contributed by atoms with E-state index in [9.17, 15) is 4.79 Å². The van der Waals surface area contributed by atoms with Crippen LogP contribution in [0.15, 0.2) is 24.2 Å². The van der Waals surface area contributed by atoms with Gasteiger partial charge < -0.3 is 9.84 Å². The number of hydrogen-bond acceptors (Lipinski definition) is 2.